The van der Waals surface area contributed by atoms with Gasteiger partial charge in [-0.3, -0.25) is 4.79 Å². The van der Waals surface area contributed by atoms with E-state index < -0.39 is 5.97 Å². The molecular formula is C3H7CaClO2. The van der Waals surface area contributed by atoms with Crippen LogP contribution < -0.4 is 0 Å². The summed E-state index contributed by atoms with van der Waals surface area (Å²) in [4.78, 5) is 9.51. The molecule has 0 fully saturated rings. The molecule has 0 spiro atoms. The molecule has 0 radical (unpaired) electrons. The van der Waals surface area contributed by atoms with Crippen LogP contribution in [0.15, 0.2) is 0 Å². The van der Waals surface area contributed by atoms with Gasteiger partial charge in [0.25, 0.3) is 0 Å². The minimum atomic E-state index is -0.843. The third-order valence-corrected chi connectivity index (χ3v) is 0.497. The van der Waals surface area contributed by atoms with E-state index in [1.807, 2.05) is 0 Å². The molecule has 7 heavy (non-hydrogen) atoms. The van der Waals surface area contributed by atoms with Crippen LogP contribution in [0.25, 0.3) is 0 Å². The molecule has 0 atom stereocenters. The average Bonchev–Trinajstić information content (AvgIpc) is 1.35. The zero-order chi connectivity index (χ0) is 4.99. The van der Waals surface area contributed by atoms with Gasteiger partial charge in [-0.25, -0.2) is 0 Å². The van der Waals surface area contributed by atoms with Gasteiger partial charge in [-0.15, -0.1) is 11.6 Å². The van der Waals surface area contributed by atoms with E-state index in [4.69, 9.17) is 16.7 Å². The van der Waals surface area contributed by atoms with E-state index in [0.29, 0.717) is 0 Å². The van der Waals surface area contributed by atoms with Crippen LogP contribution in [-0.2, 0) is 4.79 Å². The standard InChI is InChI=1S/C3H5ClO2.Ca.2H/c4-2-1-3(5)6;;;/h1-2H2,(H,5,6);;;. The second-order valence-corrected chi connectivity index (χ2v) is 1.21. The van der Waals surface area contributed by atoms with Crippen molar-refractivity contribution in [1.29, 1.82) is 0 Å². The van der Waals surface area contributed by atoms with E-state index in [9.17, 15) is 4.79 Å². The van der Waals surface area contributed by atoms with Crippen LogP contribution in [0, 0.1) is 0 Å². The fourth-order valence-corrected chi connectivity index (χ4v) is 0.243. The van der Waals surface area contributed by atoms with Gasteiger partial charge >= 0.3 is 43.7 Å². The SMILES string of the molecule is O=C(O)CCCl.[CaH2]. The molecule has 2 nitrogen and oxygen atoms in total. The second kappa shape index (κ2) is 7.02. The Kier molecular flexibility index (Phi) is 10.9. The second-order valence-electron chi connectivity index (χ2n) is 0.833. The van der Waals surface area contributed by atoms with Gasteiger partial charge in [-0.1, -0.05) is 0 Å². The summed E-state index contributed by atoms with van der Waals surface area (Å²) in [6, 6.07) is 0. The molecular weight excluding hydrogens is 144 g/mol. The van der Waals surface area contributed by atoms with E-state index in [1.54, 1.807) is 0 Å². The number of rotatable bonds is 2. The van der Waals surface area contributed by atoms with Crippen LogP contribution in [0.3, 0.4) is 0 Å². The number of aliphatic carboxylic acids is 1. The van der Waals surface area contributed by atoms with Crippen molar-refractivity contribution in [1.82, 2.24) is 0 Å². The van der Waals surface area contributed by atoms with Crippen LogP contribution in [0.5, 0.6) is 0 Å². The quantitative estimate of drug-likeness (QED) is 0.437. The van der Waals surface area contributed by atoms with Crippen LogP contribution in [0.2, 0.25) is 0 Å². The van der Waals surface area contributed by atoms with E-state index in [1.165, 1.54) is 0 Å². The van der Waals surface area contributed by atoms with Crippen molar-refractivity contribution in [2.75, 3.05) is 5.88 Å². The van der Waals surface area contributed by atoms with Crippen molar-refractivity contribution in [2.24, 2.45) is 0 Å². The van der Waals surface area contributed by atoms with Crippen LogP contribution in [0.4, 0.5) is 0 Å². The van der Waals surface area contributed by atoms with Gasteiger partial charge < -0.3 is 5.11 Å². The van der Waals surface area contributed by atoms with Gasteiger partial charge in [-0.05, 0) is 0 Å². The molecule has 0 rings (SSSR count). The Bertz CT molecular complexity index is 56.9. The monoisotopic (exact) mass is 150 g/mol. The van der Waals surface area contributed by atoms with Gasteiger partial charge in [0, 0.05) is 5.88 Å². The fraction of sp³-hybridized carbons (Fsp3) is 0.667. The summed E-state index contributed by atoms with van der Waals surface area (Å²) in [5.41, 5.74) is 0. The maximum atomic E-state index is 9.51. The zero-order valence-electron chi connectivity index (χ0n) is 3.15. The first-order chi connectivity index (χ1) is 2.77. The van der Waals surface area contributed by atoms with Crippen molar-refractivity contribution < 1.29 is 9.90 Å². The maximum absolute atomic E-state index is 9.51. The number of hydrogen-bond acceptors (Lipinski definition) is 1. The predicted molar refractivity (Wildman–Crippen MR) is 31.5 cm³/mol. The van der Waals surface area contributed by atoms with Crippen molar-refractivity contribution >= 4 is 55.3 Å². The molecule has 0 unspecified atom stereocenters. The molecule has 0 aromatic rings. The molecule has 4 heteroatoms. The number of alkyl halides is 1. The summed E-state index contributed by atoms with van der Waals surface area (Å²) >= 11 is 5.02. The number of halogens is 1. The van der Waals surface area contributed by atoms with Crippen molar-refractivity contribution in [2.45, 2.75) is 6.42 Å². The van der Waals surface area contributed by atoms with Crippen LogP contribution >= 0.6 is 11.6 Å². The summed E-state index contributed by atoms with van der Waals surface area (Å²) < 4.78 is 0. The number of carboxylic acids is 1. The molecule has 0 heterocycles. The van der Waals surface area contributed by atoms with Crippen LogP contribution in [-0.4, -0.2) is 54.7 Å². The molecule has 0 aliphatic rings. The van der Waals surface area contributed by atoms with Gasteiger partial charge in [-0.2, -0.15) is 0 Å². The van der Waals surface area contributed by atoms with E-state index in [-0.39, 0.29) is 50.0 Å². The van der Waals surface area contributed by atoms with Gasteiger partial charge in [0.05, 0.1) is 6.42 Å². The molecule has 40 valence electrons. The van der Waals surface area contributed by atoms with Crippen LogP contribution in [0.1, 0.15) is 6.42 Å². The predicted octanol–water partition coefficient (Wildman–Crippen LogP) is -0.216. The first kappa shape index (κ1) is 10.9. The van der Waals surface area contributed by atoms with Crippen molar-refractivity contribution in [3.8, 4) is 0 Å². The summed E-state index contributed by atoms with van der Waals surface area (Å²) in [7, 11) is 0. The molecule has 0 aromatic heterocycles. The van der Waals surface area contributed by atoms with Crippen molar-refractivity contribution in [3.05, 3.63) is 0 Å². The summed E-state index contributed by atoms with van der Waals surface area (Å²) in [5.74, 6) is -0.639. The molecule has 0 amide bonds. The molecule has 0 saturated heterocycles. The molecule has 0 bridgehead atoms. The Hall–Kier alpha value is 1.02. The Morgan fingerprint density at radius 2 is 2.14 bits per heavy atom. The zero-order valence-corrected chi connectivity index (χ0v) is 3.90. The normalized spacial score (nSPS) is 7.00. The molecule has 0 aromatic carbocycles. The van der Waals surface area contributed by atoms with Gasteiger partial charge in [0.15, 0.2) is 0 Å². The van der Waals surface area contributed by atoms with Crippen molar-refractivity contribution in [3.63, 3.8) is 0 Å². The Morgan fingerprint density at radius 1 is 1.71 bits per heavy atom. The Balaban J connectivity index is 0. The molecule has 1 N–H and O–H groups in total. The average molecular weight is 151 g/mol. The van der Waals surface area contributed by atoms with E-state index in [2.05, 4.69) is 0 Å². The number of carbonyl (C=O) groups is 1. The first-order valence-corrected chi connectivity index (χ1v) is 2.08. The Labute approximate surface area is 76.8 Å². The fourth-order valence-electron chi connectivity index (χ4n) is 0.0808. The Morgan fingerprint density at radius 3 is 2.14 bits per heavy atom. The van der Waals surface area contributed by atoms with E-state index in [0.717, 1.165) is 0 Å². The van der Waals surface area contributed by atoms with Gasteiger partial charge in [0.2, 0.25) is 0 Å². The van der Waals surface area contributed by atoms with Gasteiger partial charge in [0.1, 0.15) is 0 Å². The van der Waals surface area contributed by atoms with E-state index >= 15 is 0 Å². The minimum absolute atomic E-state index is 0. The first-order valence-electron chi connectivity index (χ1n) is 1.55. The number of hydrogen-bond donors (Lipinski definition) is 1. The third kappa shape index (κ3) is 10.9. The third-order valence-electron chi connectivity index (χ3n) is 0.308. The summed E-state index contributed by atoms with van der Waals surface area (Å²) in [6.07, 6.45) is 0.0571. The molecule has 0 saturated carbocycles. The molecule has 0 aliphatic heterocycles. The number of carboxylic acid groups (broad SMARTS) is 1. The topological polar surface area (TPSA) is 37.3 Å². The molecule has 0 aliphatic carbocycles. The summed E-state index contributed by atoms with van der Waals surface area (Å²) in [5, 5.41) is 7.83. The summed E-state index contributed by atoms with van der Waals surface area (Å²) in [6.45, 7) is 0.